The van der Waals surface area contributed by atoms with Gasteiger partial charge in [0, 0.05) is 6.54 Å². The van der Waals surface area contributed by atoms with Gasteiger partial charge in [-0.1, -0.05) is 26.0 Å². The lowest BCUT2D eigenvalue weighted by Crippen LogP contribution is -2.23. The summed E-state index contributed by atoms with van der Waals surface area (Å²) in [5.41, 5.74) is 1.54. The molecule has 0 atom stereocenters. The minimum absolute atomic E-state index is 0.319. The third-order valence-electron chi connectivity index (χ3n) is 2.59. The van der Waals surface area contributed by atoms with Crippen LogP contribution in [0.3, 0.4) is 0 Å². The Morgan fingerprint density at radius 3 is 2.84 bits per heavy atom. The number of rotatable bonds is 8. The maximum absolute atomic E-state index is 11.4. The van der Waals surface area contributed by atoms with Crippen LogP contribution in [0.15, 0.2) is 24.3 Å². The molecule has 0 bridgehead atoms. The van der Waals surface area contributed by atoms with Crippen LogP contribution in [0.5, 0.6) is 0 Å². The molecule has 0 aliphatic rings. The molecule has 0 aliphatic heterocycles. The highest BCUT2D eigenvalue weighted by Crippen LogP contribution is 2.07. The van der Waals surface area contributed by atoms with E-state index in [9.17, 15) is 4.79 Å². The molecule has 4 nitrogen and oxygen atoms in total. The van der Waals surface area contributed by atoms with E-state index in [-0.39, 0.29) is 5.97 Å². The Labute approximate surface area is 115 Å². The molecule has 1 aromatic carbocycles. The van der Waals surface area contributed by atoms with E-state index in [1.165, 1.54) is 7.11 Å². The predicted molar refractivity (Wildman–Crippen MR) is 75.1 cm³/mol. The lowest BCUT2D eigenvalue weighted by Gasteiger charge is -2.08. The van der Waals surface area contributed by atoms with Crippen molar-refractivity contribution < 1.29 is 14.3 Å². The van der Waals surface area contributed by atoms with E-state index in [1.807, 2.05) is 12.1 Å². The standard InChI is InChI=1S/C15H23NO3/c1-12(2)10-16-7-8-19-11-13-5-4-6-14(9-13)15(17)18-3/h4-6,9,12,16H,7-8,10-11H2,1-3H3. The fourth-order valence-corrected chi connectivity index (χ4v) is 1.63. The second-order valence-electron chi connectivity index (χ2n) is 4.84. The largest absolute Gasteiger partial charge is 0.465 e. The van der Waals surface area contributed by atoms with E-state index in [2.05, 4.69) is 23.9 Å². The predicted octanol–water partition coefficient (Wildman–Crippen LogP) is 2.24. The van der Waals surface area contributed by atoms with E-state index in [1.54, 1.807) is 12.1 Å². The average molecular weight is 265 g/mol. The SMILES string of the molecule is COC(=O)c1cccc(COCCNCC(C)C)c1. The van der Waals surface area contributed by atoms with Crippen LogP contribution >= 0.6 is 0 Å². The number of carbonyl (C=O) groups excluding carboxylic acids is 1. The van der Waals surface area contributed by atoms with Crippen molar-refractivity contribution in [3.63, 3.8) is 0 Å². The first-order chi connectivity index (χ1) is 9.13. The Kier molecular flexibility index (Phi) is 7.15. The van der Waals surface area contributed by atoms with Crippen LogP contribution in [-0.4, -0.2) is 32.8 Å². The molecule has 0 heterocycles. The molecule has 19 heavy (non-hydrogen) atoms. The van der Waals surface area contributed by atoms with Crippen molar-refractivity contribution in [2.75, 3.05) is 26.8 Å². The normalized spacial score (nSPS) is 10.7. The quantitative estimate of drug-likeness (QED) is 0.578. The van der Waals surface area contributed by atoms with Crippen molar-refractivity contribution >= 4 is 5.97 Å². The summed E-state index contributed by atoms with van der Waals surface area (Å²) in [6, 6.07) is 7.31. The van der Waals surface area contributed by atoms with Crippen LogP contribution in [-0.2, 0) is 16.1 Å². The number of carbonyl (C=O) groups is 1. The van der Waals surface area contributed by atoms with Gasteiger partial charge in [-0.2, -0.15) is 0 Å². The molecule has 0 amide bonds. The lowest BCUT2D eigenvalue weighted by atomic mass is 10.1. The van der Waals surface area contributed by atoms with Crippen molar-refractivity contribution in [3.8, 4) is 0 Å². The Balaban J connectivity index is 2.27. The number of ether oxygens (including phenoxy) is 2. The van der Waals surface area contributed by atoms with E-state index in [0.717, 1.165) is 18.7 Å². The highest BCUT2D eigenvalue weighted by atomic mass is 16.5. The van der Waals surface area contributed by atoms with Crippen LogP contribution in [0.4, 0.5) is 0 Å². The molecule has 0 saturated heterocycles. The van der Waals surface area contributed by atoms with Gasteiger partial charge in [0.05, 0.1) is 25.9 Å². The summed E-state index contributed by atoms with van der Waals surface area (Å²) in [4.78, 5) is 11.4. The number of nitrogens with one attached hydrogen (secondary N) is 1. The van der Waals surface area contributed by atoms with Crippen LogP contribution in [0.2, 0.25) is 0 Å². The van der Waals surface area contributed by atoms with E-state index in [0.29, 0.717) is 24.7 Å². The monoisotopic (exact) mass is 265 g/mol. The second kappa shape index (κ2) is 8.67. The molecule has 1 aromatic rings. The smallest absolute Gasteiger partial charge is 0.337 e. The Morgan fingerprint density at radius 1 is 1.37 bits per heavy atom. The molecule has 0 fully saturated rings. The molecular weight excluding hydrogens is 242 g/mol. The molecule has 106 valence electrons. The third-order valence-corrected chi connectivity index (χ3v) is 2.59. The van der Waals surface area contributed by atoms with Crippen LogP contribution in [0.25, 0.3) is 0 Å². The summed E-state index contributed by atoms with van der Waals surface area (Å²) in [6.07, 6.45) is 0. The Bertz CT molecular complexity index is 391. The molecule has 0 aromatic heterocycles. The topological polar surface area (TPSA) is 47.6 Å². The first-order valence-electron chi connectivity index (χ1n) is 6.59. The molecule has 4 heteroatoms. The summed E-state index contributed by atoms with van der Waals surface area (Å²) >= 11 is 0. The fourth-order valence-electron chi connectivity index (χ4n) is 1.63. The molecule has 0 spiro atoms. The third kappa shape index (κ3) is 6.36. The van der Waals surface area contributed by atoms with Gasteiger partial charge in [-0.05, 0) is 30.2 Å². The molecule has 0 aliphatic carbocycles. The van der Waals surface area contributed by atoms with Crippen molar-refractivity contribution in [2.45, 2.75) is 20.5 Å². The highest BCUT2D eigenvalue weighted by molar-refractivity contribution is 5.89. The number of methoxy groups -OCH3 is 1. The number of hydrogen-bond donors (Lipinski definition) is 1. The first-order valence-corrected chi connectivity index (χ1v) is 6.59. The molecule has 0 unspecified atom stereocenters. The van der Waals surface area contributed by atoms with Crippen LogP contribution in [0, 0.1) is 5.92 Å². The zero-order valence-corrected chi connectivity index (χ0v) is 11.9. The zero-order chi connectivity index (χ0) is 14.1. The maximum Gasteiger partial charge on any atom is 0.337 e. The summed E-state index contributed by atoms with van der Waals surface area (Å²) in [6.45, 7) is 7.36. The van der Waals surface area contributed by atoms with Crippen molar-refractivity contribution in [1.82, 2.24) is 5.32 Å². The van der Waals surface area contributed by atoms with Gasteiger partial charge in [0.25, 0.3) is 0 Å². The van der Waals surface area contributed by atoms with Gasteiger partial charge < -0.3 is 14.8 Å². The summed E-state index contributed by atoms with van der Waals surface area (Å²) in [5.74, 6) is 0.331. The van der Waals surface area contributed by atoms with Gasteiger partial charge in [-0.15, -0.1) is 0 Å². The van der Waals surface area contributed by atoms with E-state index >= 15 is 0 Å². The first kappa shape index (κ1) is 15.7. The molecular formula is C15H23NO3. The molecule has 1 rings (SSSR count). The summed E-state index contributed by atoms with van der Waals surface area (Å²) in [7, 11) is 1.38. The highest BCUT2D eigenvalue weighted by Gasteiger charge is 2.05. The zero-order valence-electron chi connectivity index (χ0n) is 11.9. The van der Waals surface area contributed by atoms with Gasteiger partial charge in [0.1, 0.15) is 0 Å². The van der Waals surface area contributed by atoms with Crippen molar-refractivity contribution in [3.05, 3.63) is 35.4 Å². The molecule has 0 saturated carbocycles. The van der Waals surface area contributed by atoms with Gasteiger partial charge >= 0.3 is 5.97 Å². The van der Waals surface area contributed by atoms with Gasteiger partial charge in [-0.3, -0.25) is 0 Å². The number of esters is 1. The molecule has 0 radical (unpaired) electrons. The Morgan fingerprint density at radius 2 is 2.16 bits per heavy atom. The minimum atomic E-state index is -0.319. The van der Waals surface area contributed by atoms with Crippen LogP contribution < -0.4 is 5.32 Å². The summed E-state index contributed by atoms with van der Waals surface area (Å²) < 4.78 is 10.2. The number of hydrogen-bond acceptors (Lipinski definition) is 4. The minimum Gasteiger partial charge on any atom is -0.465 e. The van der Waals surface area contributed by atoms with Gasteiger partial charge in [0.15, 0.2) is 0 Å². The molecule has 1 N–H and O–H groups in total. The summed E-state index contributed by atoms with van der Waals surface area (Å²) in [5, 5.41) is 3.31. The fraction of sp³-hybridized carbons (Fsp3) is 0.533. The van der Waals surface area contributed by atoms with Gasteiger partial charge in [0.2, 0.25) is 0 Å². The van der Waals surface area contributed by atoms with Crippen LogP contribution in [0.1, 0.15) is 29.8 Å². The van der Waals surface area contributed by atoms with E-state index in [4.69, 9.17) is 4.74 Å². The average Bonchev–Trinajstić information content (AvgIpc) is 2.41. The van der Waals surface area contributed by atoms with Gasteiger partial charge in [-0.25, -0.2) is 4.79 Å². The lowest BCUT2D eigenvalue weighted by molar-refractivity contribution is 0.0600. The maximum atomic E-state index is 11.4. The van der Waals surface area contributed by atoms with Crippen molar-refractivity contribution in [2.24, 2.45) is 5.92 Å². The second-order valence-corrected chi connectivity index (χ2v) is 4.84. The number of benzene rings is 1. The van der Waals surface area contributed by atoms with E-state index < -0.39 is 0 Å². The van der Waals surface area contributed by atoms with Crippen molar-refractivity contribution in [1.29, 1.82) is 0 Å². The Hall–Kier alpha value is -1.39.